The first-order valence-corrected chi connectivity index (χ1v) is 5.56. The number of nitrogens with one attached hydrogen (secondary N) is 1. The molecule has 0 fully saturated rings. The van der Waals surface area contributed by atoms with Gasteiger partial charge >= 0.3 is 0 Å². The molecular formula is C11H12BrN3O. The fraction of sp³-hybridized carbons (Fsp3) is 0.182. The molecule has 0 saturated heterocycles. The van der Waals surface area contributed by atoms with E-state index < -0.39 is 0 Å². The topological polar surface area (TPSA) is 60.2 Å². The number of benzene rings is 1. The number of fused-ring (bicyclic) bond motifs is 1. The molecule has 0 radical (unpaired) electrons. The number of nitrogens with zero attached hydrogens (tertiary/aromatic N) is 1. The second kappa shape index (κ2) is 4.17. The predicted molar refractivity (Wildman–Crippen MR) is 70.0 cm³/mol. The summed E-state index contributed by atoms with van der Waals surface area (Å²) in [6.45, 7) is 0. The number of nitrogens with two attached hydrogens (primary N) is 1. The Hall–Kier alpha value is -1.49. The lowest BCUT2D eigenvalue weighted by molar-refractivity contribution is 0.420. The van der Waals surface area contributed by atoms with Crippen LogP contribution in [0.3, 0.4) is 0 Å². The van der Waals surface area contributed by atoms with Gasteiger partial charge in [-0.2, -0.15) is 0 Å². The number of rotatable bonds is 2. The third-order valence-electron chi connectivity index (χ3n) is 2.43. The summed E-state index contributed by atoms with van der Waals surface area (Å²) in [5.74, 6) is 0.752. The first-order valence-electron chi connectivity index (χ1n) is 4.77. The lowest BCUT2D eigenvalue weighted by Gasteiger charge is -2.12. The molecule has 3 N–H and O–H groups in total. The van der Waals surface area contributed by atoms with Crippen LogP contribution in [0, 0.1) is 0 Å². The van der Waals surface area contributed by atoms with Gasteiger partial charge in [0.25, 0.3) is 0 Å². The van der Waals surface area contributed by atoms with Gasteiger partial charge in [0.1, 0.15) is 5.75 Å². The van der Waals surface area contributed by atoms with Crippen molar-refractivity contribution in [2.45, 2.75) is 0 Å². The van der Waals surface area contributed by atoms with Crippen molar-refractivity contribution in [1.29, 1.82) is 0 Å². The van der Waals surface area contributed by atoms with Crippen LogP contribution < -0.4 is 15.8 Å². The number of hydrogen-bond donors (Lipinski definition) is 2. The van der Waals surface area contributed by atoms with Crippen LogP contribution in [0.4, 0.5) is 11.4 Å². The summed E-state index contributed by atoms with van der Waals surface area (Å²) in [6.07, 6.45) is 1.64. The van der Waals surface area contributed by atoms with Crippen LogP contribution in [0.2, 0.25) is 0 Å². The summed E-state index contributed by atoms with van der Waals surface area (Å²) in [4.78, 5) is 4.31. The highest BCUT2D eigenvalue weighted by atomic mass is 79.9. The molecule has 2 rings (SSSR count). The first-order chi connectivity index (χ1) is 7.69. The number of methoxy groups -OCH3 is 1. The van der Waals surface area contributed by atoms with Gasteiger partial charge in [0.2, 0.25) is 0 Å². The summed E-state index contributed by atoms with van der Waals surface area (Å²) >= 11 is 3.46. The molecule has 1 aromatic heterocycles. The Labute approximate surface area is 102 Å². The van der Waals surface area contributed by atoms with Crippen LogP contribution in [0.25, 0.3) is 10.9 Å². The smallest absolute Gasteiger partial charge is 0.130 e. The zero-order valence-electron chi connectivity index (χ0n) is 9.04. The minimum atomic E-state index is 0.603. The molecule has 0 amide bonds. The van der Waals surface area contributed by atoms with E-state index in [-0.39, 0.29) is 0 Å². The van der Waals surface area contributed by atoms with Crippen LogP contribution in [0.5, 0.6) is 5.75 Å². The molecule has 0 aliphatic rings. The zero-order chi connectivity index (χ0) is 11.7. The second-order valence-corrected chi connectivity index (χ2v) is 4.17. The Bertz CT molecular complexity index is 542. The van der Waals surface area contributed by atoms with Crippen molar-refractivity contribution in [1.82, 2.24) is 4.98 Å². The molecule has 16 heavy (non-hydrogen) atoms. The van der Waals surface area contributed by atoms with E-state index in [0.29, 0.717) is 5.69 Å². The van der Waals surface area contributed by atoms with Crippen molar-refractivity contribution in [3.8, 4) is 5.75 Å². The van der Waals surface area contributed by atoms with E-state index in [1.807, 2.05) is 19.2 Å². The summed E-state index contributed by atoms with van der Waals surface area (Å²) in [5, 5.41) is 3.96. The van der Waals surface area contributed by atoms with E-state index in [2.05, 4.69) is 26.2 Å². The Morgan fingerprint density at radius 2 is 2.19 bits per heavy atom. The maximum absolute atomic E-state index is 5.87. The van der Waals surface area contributed by atoms with Crippen molar-refractivity contribution in [3.63, 3.8) is 0 Å². The lowest BCUT2D eigenvalue weighted by atomic mass is 10.1. The van der Waals surface area contributed by atoms with E-state index in [1.165, 1.54) is 0 Å². The van der Waals surface area contributed by atoms with Crippen molar-refractivity contribution in [2.75, 3.05) is 25.2 Å². The number of anilines is 2. The molecule has 84 valence electrons. The molecule has 0 atom stereocenters. The Morgan fingerprint density at radius 3 is 2.81 bits per heavy atom. The van der Waals surface area contributed by atoms with Crippen LogP contribution in [0.15, 0.2) is 22.8 Å². The second-order valence-electron chi connectivity index (χ2n) is 3.31. The molecule has 0 aliphatic carbocycles. The van der Waals surface area contributed by atoms with Gasteiger partial charge in [0.05, 0.1) is 35.6 Å². The number of hydrogen-bond acceptors (Lipinski definition) is 4. The summed E-state index contributed by atoms with van der Waals surface area (Å²) in [5.41, 5.74) is 8.15. The number of aromatic nitrogens is 1. The largest absolute Gasteiger partial charge is 0.496 e. The molecule has 5 heteroatoms. The SMILES string of the molecule is CNc1c(N)cnc2c(Br)ccc(OC)c12. The first kappa shape index (κ1) is 11.0. The highest BCUT2D eigenvalue weighted by Crippen LogP contribution is 2.37. The highest BCUT2D eigenvalue weighted by molar-refractivity contribution is 9.10. The third-order valence-corrected chi connectivity index (χ3v) is 3.07. The molecule has 1 aromatic carbocycles. The molecule has 4 nitrogen and oxygen atoms in total. The number of pyridine rings is 1. The maximum Gasteiger partial charge on any atom is 0.130 e. The predicted octanol–water partition coefficient (Wildman–Crippen LogP) is 2.63. The van der Waals surface area contributed by atoms with Gasteiger partial charge in [-0.05, 0) is 28.1 Å². The summed E-state index contributed by atoms with van der Waals surface area (Å²) in [7, 11) is 3.46. The fourth-order valence-electron chi connectivity index (χ4n) is 1.70. The van der Waals surface area contributed by atoms with Gasteiger partial charge in [0, 0.05) is 11.5 Å². The Morgan fingerprint density at radius 1 is 1.44 bits per heavy atom. The normalized spacial score (nSPS) is 10.4. The minimum Gasteiger partial charge on any atom is -0.496 e. The molecule has 0 saturated carbocycles. The molecule has 1 heterocycles. The average Bonchev–Trinajstić information content (AvgIpc) is 2.29. The van der Waals surface area contributed by atoms with E-state index in [0.717, 1.165) is 26.8 Å². The molecule has 0 unspecified atom stereocenters. The Balaban J connectivity index is 2.93. The average molecular weight is 282 g/mol. The van der Waals surface area contributed by atoms with Gasteiger partial charge in [-0.25, -0.2) is 0 Å². The zero-order valence-corrected chi connectivity index (χ0v) is 10.6. The van der Waals surface area contributed by atoms with Crippen LogP contribution in [0.1, 0.15) is 0 Å². The minimum absolute atomic E-state index is 0.603. The van der Waals surface area contributed by atoms with E-state index >= 15 is 0 Å². The van der Waals surface area contributed by atoms with Crippen molar-refractivity contribution in [3.05, 3.63) is 22.8 Å². The lowest BCUT2D eigenvalue weighted by Crippen LogP contribution is -2.00. The molecule has 0 spiro atoms. The quantitative estimate of drug-likeness (QED) is 0.889. The van der Waals surface area contributed by atoms with Crippen molar-refractivity contribution >= 4 is 38.2 Å². The van der Waals surface area contributed by atoms with Crippen molar-refractivity contribution < 1.29 is 4.74 Å². The summed E-state index contributed by atoms with van der Waals surface area (Å²) < 4.78 is 6.24. The van der Waals surface area contributed by atoms with Gasteiger partial charge < -0.3 is 15.8 Å². The summed E-state index contributed by atoms with van der Waals surface area (Å²) in [6, 6.07) is 3.79. The standard InChI is InChI=1S/C11H12BrN3O/c1-14-11-7(13)5-15-10-6(12)3-4-8(16-2)9(10)11/h3-5H,13H2,1-2H3,(H,14,15). The Kier molecular flexibility index (Phi) is 2.87. The van der Waals surface area contributed by atoms with Crippen LogP contribution in [-0.4, -0.2) is 19.1 Å². The molecule has 0 bridgehead atoms. The maximum atomic E-state index is 5.87. The van der Waals surface area contributed by atoms with Gasteiger partial charge in [0.15, 0.2) is 0 Å². The third kappa shape index (κ3) is 1.57. The van der Waals surface area contributed by atoms with Crippen molar-refractivity contribution in [2.24, 2.45) is 0 Å². The monoisotopic (exact) mass is 281 g/mol. The van der Waals surface area contributed by atoms with E-state index in [4.69, 9.17) is 10.5 Å². The highest BCUT2D eigenvalue weighted by Gasteiger charge is 2.12. The molecule has 0 aliphatic heterocycles. The van der Waals surface area contributed by atoms with Crippen LogP contribution in [-0.2, 0) is 0 Å². The molecule has 2 aromatic rings. The van der Waals surface area contributed by atoms with E-state index in [1.54, 1.807) is 13.3 Å². The van der Waals surface area contributed by atoms with Crippen LogP contribution >= 0.6 is 15.9 Å². The van der Waals surface area contributed by atoms with Gasteiger partial charge in [-0.3, -0.25) is 4.98 Å². The number of nitrogen functional groups attached to an aromatic ring is 1. The van der Waals surface area contributed by atoms with E-state index in [9.17, 15) is 0 Å². The van der Waals surface area contributed by atoms with Gasteiger partial charge in [-0.15, -0.1) is 0 Å². The number of halogens is 1. The fourth-order valence-corrected chi connectivity index (χ4v) is 2.13. The molecular weight excluding hydrogens is 270 g/mol. The van der Waals surface area contributed by atoms with Gasteiger partial charge in [-0.1, -0.05) is 0 Å². The number of ether oxygens (including phenoxy) is 1.